The summed E-state index contributed by atoms with van der Waals surface area (Å²) in [5.74, 6) is 0.415. The van der Waals surface area contributed by atoms with Crippen LogP contribution in [0.15, 0.2) is 40.2 Å². The summed E-state index contributed by atoms with van der Waals surface area (Å²) < 4.78 is 19.4. The average molecular weight is 288 g/mol. The predicted molar refractivity (Wildman–Crippen MR) is 79.0 cm³/mol. The number of halogens is 1. The van der Waals surface area contributed by atoms with Crippen molar-refractivity contribution in [2.75, 3.05) is 5.73 Å². The summed E-state index contributed by atoms with van der Waals surface area (Å²) in [5, 5.41) is 5.79. The molecule has 0 aliphatic carbocycles. The van der Waals surface area contributed by atoms with E-state index in [0.29, 0.717) is 16.9 Å². The molecule has 5 heteroatoms. The maximum absolute atomic E-state index is 14.0. The molecule has 1 aromatic carbocycles. The molecule has 0 unspecified atom stereocenters. The van der Waals surface area contributed by atoms with Crippen molar-refractivity contribution in [3.63, 3.8) is 0 Å². The molecule has 3 aromatic rings. The molecule has 0 amide bonds. The van der Waals surface area contributed by atoms with E-state index in [2.05, 4.69) is 12.1 Å². The second-order valence-corrected chi connectivity index (χ2v) is 5.30. The van der Waals surface area contributed by atoms with Crippen molar-refractivity contribution < 1.29 is 8.91 Å². The zero-order chi connectivity index (χ0) is 14.1. The third-order valence-corrected chi connectivity index (χ3v) is 4.15. The van der Waals surface area contributed by atoms with Gasteiger partial charge < -0.3 is 10.3 Å². The van der Waals surface area contributed by atoms with Gasteiger partial charge in [0.05, 0.1) is 10.4 Å². The molecular formula is C15H13FN2OS. The van der Waals surface area contributed by atoms with E-state index >= 15 is 0 Å². The molecule has 0 bridgehead atoms. The number of thiophene rings is 1. The number of hydrogen-bond donors (Lipinski definition) is 1. The van der Waals surface area contributed by atoms with E-state index in [9.17, 15) is 4.39 Å². The Bertz CT molecular complexity index is 748. The van der Waals surface area contributed by atoms with Crippen LogP contribution in [0.3, 0.4) is 0 Å². The van der Waals surface area contributed by atoms with Crippen molar-refractivity contribution >= 4 is 17.2 Å². The van der Waals surface area contributed by atoms with Crippen LogP contribution in [0.2, 0.25) is 0 Å². The van der Waals surface area contributed by atoms with Crippen LogP contribution in [-0.4, -0.2) is 5.16 Å². The highest BCUT2D eigenvalue weighted by atomic mass is 32.1. The van der Waals surface area contributed by atoms with Gasteiger partial charge in [0.1, 0.15) is 5.82 Å². The second kappa shape index (κ2) is 5.09. The predicted octanol–water partition coefficient (Wildman–Crippen LogP) is 4.35. The minimum atomic E-state index is -0.335. The number of rotatable bonds is 3. The lowest BCUT2D eigenvalue weighted by molar-refractivity contribution is 0.436. The Balaban J connectivity index is 2.23. The van der Waals surface area contributed by atoms with Crippen LogP contribution in [-0.2, 0) is 6.42 Å². The first kappa shape index (κ1) is 12.9. The molecule has 0 saturated carbocycles. The Hall–Kier alpha value is -2.14. The molecule has 0 spiro atoms. The van der Waals surface area contributed by atoms with Crippen molar-refractivity contribution in [2.45, 2.75) is 13.3 Å². The van der Waals surface area contributed by atoms with Gasteiger partial charge in [-0.1, -0.05) is 30.3 Å². The van der Waals surface area contributed by atoms with E-state index in [1.165, 1.54) is 6.07 Å². The van der Waals surface area contributed by atoms with Crippen molar-refractivity contribution in [3.8, 4) is 21.8 Å². The largest absolute Gasteiger partial charge is 0.380 e. The van der Waals surface area contributed by atoms with Gasteiger partial charge >= 0.3 is 0 Å². The summed E-state index contributed by atoms with van der Waals surface area (Å²) in [6.45, 7) is 2.06. The third-order valence-electron chi connectivity index (χ3n) is 3.20. The van der Waals surface area contributed by atoms with Crippen molar-refractivity contribution in [1.29, 1.82) is 0 Å². The van der Waals surface area contributed by atoms with E-state index in [4.69, 9.17) is 10.3 Å². The summed E-state index contributed by atoms with van der Waals surface area (Å²) in [6.07, 6.45) is 0.871. The quantitative estimate of drug-likeness (QED) is 0.779. The van der Waals surface area contributed by atoms with Gasteiger partial charge in [0.15, 0.2) is 11.6 Å². The Morgan fingerprint density at radius 2 is 2.10 bits per heavy atom. The fraction of sp³-hybridized carbons (Fsp3) is 0.133. The minimum absolute atomic E-state index is 0.209. The fourth-order valence-corrected chi connectivity index (χ4v) is 3.17. The Morgan fingerprint density at radius 3 is 2.85 bits per heavy atom. The van der Waals surface area contributed by atoms with Gasteiger partial charge in [0.2, 0.25) is 0 Å². The first-order valence-corrected chi connectivity index (χ1v) is 7.17. The highest BCUT2D eigenvalue weighted by Crippen LogP contribution is 2.41. The van der Waals surface area contributed by atoms with Gasteiger partial charge in [0.25, 0.3) is 0 Å². The maximum Gasteiger partial charge on any atom is 0.187 e. The molecule has 0 aliphatic rings. The lowest BCUT2D eigenvalue weighted by atomic mass is 10.0. The molecule has 3 nitrogen and oxygen atoms in total. The molecule has 20 heavy (non-hydrogen) atoms. The number of nitrogens with zero attached hydrogens (tertiary/aromatic N) is 1. The van der Waals surface area contributed by atoms with Gasteiger partial charge in [-0.3, -0.25) is 0 Å². The second-order valence-electron chi connectivity index (χ2n) is 4.38. The number of hydrogen-bond acceptors (Lipinski definition) is 4. The van der Waals surface area contributed by atoms with Crippen LogP contribution in [0.1, 0.15) is 12.5 Å². The van der Waals surface area contributed by atoms with Crippen LogP contribution >= 0.6 is 11.3 Å². The topological polar surface area (TPSA) is 52.0 Å². The number of nitrogen functional groups attached to an aromatic ring is 1. The van der Waals surface area contributed by atoms with Crippen LogP contribution in [0.4, 0.5) is 10.2 Å². The van der Waals surface area contributed by atoms with Gasteiger partial charge in [-0.2, -0.15) is 0 Å². The zero-order valence-electron chi connectivity index (χ0n) is 10.9. The molecule has 0 radical (unpaired) electrons. The van der Waals surface area contributed by atoms with Gasteiger partial charge in [0, 0.05) is 5.56 Å². The smallest absolute Gasteiger partial charge is 0.187 e. The van der Waals surface area contributed by atoms with E-state index in [-0.39, 0.29) is 11.6 Å². The molecule has 3 rings (SSSR count). The molecule has 2 aromatic heterocycles. The van der Waals surface area contributed by atoms with Crippen molar-refractivity contribution in [2.24, 2.45) is 0 Å². The van der Waals surface area contributed by atoms with Crippen LogP contribution in [0, 0.1) is 5.82 Å². The number of aryl methyl sites for hydroxylation is 1. The van der Waals surface area contributed by atoms with Gasteiger partial charge in [-0.05, 0) is 29.5 Å². The van der Waals surface area contributed by atoms with Crippen LogP contribution in [0.5, 0.6) is 0 Å². The van der Waals surface area contributed by atoms with Crippen LogP contribution in [0.25, 0.3) is 21.8 Å². The first-order valence-electron chi connectivity index (χ1n) is 6.29. The number of aromatic nitrogens is 1. The molecule has 0 saturated heterocycles. The lowest BCUT2D eigenvalue weighted by Crippen LogP contribution is -1.91. The van der Waals surface area contributed by atoms with E-state index in [1.807, 2.05) is 11.4 Å². The normalized spacial score (nSPS) is 10.9. The monoisotopic (exact) mass is 288 g/mol. The standard InChI is InChI=1S/C15H13FN2OS/c1-2-9-7-8-20-14(9)13-12(15(17)18-19-13)10-5-3-4-6-11(10)16/h3-8H,2H2,1H3,(H2,17,18). The van der Waals surface area contributed by atoms with E-state index in [0.717, 1.165) is 16.9 Å². The van der Waals surface area contributed by atoms with Crippen LogP contribution < -0.4 is 5.73 Å². The summed E-state index contributed by atoms with van der Waals surface area (Å²) in [7, 11) is 0. The molecule has 0 atom stereocenters. The Morgan fingerprint density at radius 1 is 1.30 bits per heavy atom. The van der Waals surface area contributed by atoms with Gasteiger partial charge in [-0.25, -0.2) is 4.39 Å². The molecule has 0 aliphatic heterocycles. The highest BCUT2D eigenvalue weighted by molar-refractivity contribution is 7.13. The molecular weight excluding hydrogens is 275 g/mol. The van der Waals surface area contributed by atoms with Crippen molar-refractivity contribution in [3.05, 3.63) is 47.1 Å². The maximum atomic E-state index is 14.0. The van der Waals surface area contributed by atoms with Gasteiger partial charge in [-0.15, -0.1) is 11.3 Å². The molecule has 0 fully saturated rings. The fourth-order valence-electron chi connectivity index (χ4n) is 2.19. The highest BCUT2D eigenvalue weighted by Gasteiger charge is 2.22. The molecule has 2 N–H and O–H groups in total. The van der Waals surface area contributed by atoms with Crippen molar-refractivity contribution in [1.82, 2.24) is 5.16 Å². The molecule has 2 heterocycles. The summed E-state index contributed by atoms with van der Waals surface area (Å²) in [4.78, 5) is 0.954. The first-order chi connectivity index (χ1) is 9.72. The Labute approximate surface area is 119 Å². The average Bonchev–Trinajstić information content (AvgIpc) is 3.05. The summed E-state index contributed by atoms with van der Waals surface area (Å²) >= 11 is 1.54. The summed E-state index contributed by atoms with van der Waals surface area (Å²) in [6, 6.07) is 8.53. The lowest BCUT2D eigenvalue weighted by Gasteiger charge is -2.04. The van der Waals surface area contributed by atoms with E-state index in [1.54, 1.807) is 29.5 Å². The Kier molecular flexibility index (Phi) is 3.28. The number of anilines is 1. The number of nitrogens with two attached hydrogens (primary N) is 1. The summed E-state index contributed by atoms with van der Waals surface area (Å²) in [5.41, 5.74) is 7.96. The minimum Gasteiger partial charge on any atom is -0.380 e. The SMILES string of the molecule is CCc1ccsc1-c1onc(N)c1-c1ccccc1F. The zero-order valence-corrected chi connectivity index (χ0v) is 11.7. The van der Waals surface area contributed by atoms with E-state index < -0.39 is 0 Å². The third kappa shape index (κ3) is 2.00. The molecule has 102 valence electrons. The number of benzene rings is 1.